The second-order valence-corrected chi connectivity index (χ2v) is 7.63. The Kier molecular flexibility index (Phi) is 4.69. The lowest BCUT2D eigenvalue weighted by Gasteiger charge is -2.07. The Labute approximate surface area is 122 Å². The summed E-state index contributed by atoms with van der Waals surface area (Å²) in [6.07, 6.45) is 0. The first kappa shape index (κ1) is 14.9. The van der Waals surface area contributed by atoms with Crippen molar-refractivity contribution in [1.82, 2.24) is 4.72 Å². The van der Waals surface area contributed by atoms with Crippen molar-refractivity contribution in [2.75, 3.05) is 7.05 Å². The SMILES string of the molecule is CN[S@@](=NS(=O)(=O)c1ccccc1)c1ccc(C)cc1. The highest BCUT2D eigenvalue weighted by Crippen LogP contribution is 2.16. The van der Waals surface area contributed by atoms with Gasteiger partial charge in [0, 0.05) is 15.8 Å². The number of nitrogens with one attached hydrogen (secondary N) is 1. The molecule has 0 heterocycles. The Hall–Kier alpha value is -1.50. The highest BCUT2D eigenvalue weighted by Gasteiger charge is 2.13. The van der Waals surface area contributed by atoms with Gasteiger partial charge in [-0.2, -0.15) is 8.42 Å². The van der Waals surface area contributed by atoms with Crippen molar-refractivity contribution in [2.45, 2.75) is 16.7 Å². The van der Waals surface area contributed by atoms with Crippen molar-refractivity contribution in [3.63, 3.8) is 0 Å². The van der Waals surface area contributed by atoms with Crippen LogP contribution in [0.4, 0.5) is 0 Å². The van der Waals surface area contributed by atoms with E-state index in [9.17, 15) is 8.42 Å². The van der Waals surface area contributed by atoms with Crippen molar-refractivity contribution >= 4 is 20.9 Å². The summed E-state index contributed by atoms with van der Waals surface area (Å²) in [5.41, 5.74) is 1.12. The van der Waals surface area contributed by atoms with Crippen molar-refractivity contribution < 1.29 is 8.42 Å². The van der Waals surface area contributed by atoms with Crippen LogP contribution >= 0.6 is 0 Å². The van der Waals surface area contributed by atoms with E-state index in [1.165, 1.54) is 0 Å². The predicted octanol–water partition coefficient (Wildman–Crippen LogP) is 2.68. The van der Waals surface area contributed by atoms with Gasteiger partial charge < -0.3 is 0 Å². The molecule has 1 N–H and O–H groups in total. The smallest absolute Gasteiger partial charge is 0.253 e. The fourth-order valence-electron chi connectivity index (χ4n) is 1.60. The summed E-state index contributed by atoms with van der Waals surface area (Å²) in [4.78, 5) is 1.05. The van der Waals surface area contributed by atoms with E-state index in [2.05, 4.69) is 8.49 Å². The minimum Gasteiger partial charge on any atom is -0.253 e. The number of benzene rings is 2. The largest absolute Gasteiger partial charge is 0.289 e. The normalized spacial score (nSPS) is 13.3. The molecule has 2 aromatic carbocycles. The van der Waals surface area contributed by atoms with Gasteiger partial charge in [0.15, 0.2) is 0 Å². The lowest BCUT2D eigenvalue weighted by molar-refractivity contribution is 0.598. The second kappa shape index (κ2) is 6.30. The number of nitrogens with zero attached hydrogens (tertiary/aromatic N) is 1. The van der Waals surface area contributed by atoms with Crippen LogP contribution in [-0.2, 0) is 20.9 Å². The lowest BCUT2D eigenvalue weighted by atomic mass is 10.2. The molecule has 6 heteroatoms. The molecule has 0 bridgehead atoms. The van der Waals surface area contributed by atoms with Gasteiger partial charge in [0.05, 0.1) is 4.90 Å². The zero-order valence-corrected chi connectivity index (χ0v) is 12.9. The molecule has 0 aliphatic heterocycles. The maximum atomic E-state index is 12.2. The van der Waals surface area contributed by atoms with Gasteiger partial charge in [0.1, 0.15) is 0 Å². The molecule has 0 aliphatic rings. The molecule has 0 aromatic heterocycles. The predicted molar refractivity (Wildman–Crippen MR) is 81.9 cm³/mol. The first-order valence-electron chi connectivity index (χ1n) is 6.04. The molecular weight excluding hydrogens is 292 g/mol. The summed E-state index contributed by atoms with van der Waals surface area (Å²) in [5.74, 6) is 0. The van der Waals surface area contributed by atoms with Crippen LogP contribution in [0.5, 0.6) is 0 Å². The van der Waals surface area contributed by atoms with Gasteiger partial charge in [0.2, 0.25) is 0 Å². The number of hydrogen-bond acceptors (Lipinski definition) is 2. The number of hydrogen-bond donors (Lipinski definition) is 1. The fourth-order valence-corrected chi connectivity index (χ4v) is 4.50. The van der Waals surface area contributed by atoms with E-state index < -0.39 is 20.9 Å². The Morgan fingerprint density at radius 1 is 1.00 bits per heavy atom. The maximum Gasteiger partial charge on any atom is 0.289 e. The fraction of sp³-hybridized carbons (Fsp3) is 0.143. The molecule has 0 spiro atoms. The molecule has 20 heavy (non-hydrogen) atoms. The standard InChI is InChI=1S/C14H16N2O2S2/c1-12-8-10-13(11-9-12)19(15-2)16-20(17,18)14-6-4-3-5-7-14/h3-11H,1-2H3,(H,15,16)/t19-/m0/s1. The molecule has 0 fully saturated rings. The molecule has 0 aliphatic carbocycles. The first-order chi connectivity index (χ1) is 9.53. The molecule has 0 saturated carbocycles. The van der Waals surface area contributed by atoms with Gasteiger partial charge in [-0.25, -0.2) is 0 Å². The van der Waals surface area contributed by atoms with E-state index in [4.69, 9.17) is 0 Å². The van der Waals surface area contributed by atoms with Crippen molar-refractivity contribution in [2.24, 2.45) is 3.77 Å². The highest BCUT2D eigenvalue weighted by atomic mass is 32.3. The van der Waals surface area contributed by atoms with Crippen molar-refractivity contribution in [3.05, 3.63) is 60.2 Å². The summed E-state index contributed by atoms with van der Waals surface area (Å²) < 4.78 is 31.4. The maximum absolute atomic E-state index is 12.2. The van der Waals surface area contributed by atoms with Gasteiger partial charge in [-0.05, 0) is 38.2 Å². The molecule has 4 nitrogen and oxygen atoms in total. The molecule has 1 atom stereocenters. The zero-order valence-electron chi connectivity index (χ0n) is 11.3. The quantitative estimate of drug-likeness (QED) is 0.944. The van der Waals surface area contributed by atoms with E-state index in [-0.39, 0.29) is 4.90 Å². The van der Waals surface area contributed by atoms with Gasteiger partial charge in [-0.1, -0.05) is 35.9 Å². The zero-order chi connectivity index (χ0) is 14.6. The first-order valence-corrected chi connectivity index (χ1v) is 8.66. The van der Waals surface area contributed by atoms with Crippen LogP contribution in [0.1, 0.15) is 5.56 Å². The summed E-state index contributed by atoms with van der Waals surface area (Å²) >= 11 is 0. The summed E-state index contributed by atoms with van der Waals surface area (Å²) in [5, 5.41) is 0. The van der Waals surface area contributed by atoms with E-state index in [0.29, 0.717) is 0 Å². The topological polar surface area (TPSA) is 58.5 Å². The second-order valence-electron chi connectivity index (χ2n) is 4.16. The molecular formula is C14H16N2O2S2. The van der Waals surface area contributed by atoms with Crippen LogP contribution in [0, 0.1) is 6.92 Å². The Bertz CT molecular complexity index is 709. The van der Waals surface area contributed by atoms with Crippen LogP contribution in [0.25, 0.3) is 0 Å². The van der Waals surface area contributed by atoms with Crippen molar-refractivity contribution in [1.29, 1.82) is 0 Å². The van der Waals surface area contributed by atoms with Crippen LogP contribution in [0.15, 0.2) is 68.2 Å². The molecule has 106 valence electrons. The Morgan fingerprint density at radius 2 is 1.60 bits per heavy atom. The lowest BCUT2D eigenvalue weighted by Crippen LogP contribution is -2.13. The third-order valence-corrected chi connectivity index (χ3v) is 6.01. The highest BCUT2D eigenvalue weighted by molar-refractivity contribution is 7.99. The van der Waals surface area contributed by atoms with Crippen LogP contribution in [-0.4, -0.2) is 15.5 Å². The molecule has 0 radical (unpaired) electrons. The molecule has 2 aromatic rings. The van der Waals surface area contributed by atoms with Gasteiger partial charge in [0.25, 0.3) is 10.0 Å². The van der Waals surface area contributed by atoms with Crippen LogP contribution in [0.2, 0.25) is 0 Å². The number of aryl methyl sites for hydroxylation is 1. The number of rotatable bonds is 4. The third kappa shape index (κ3) is 3.53. The van der Waals surface area contributed by atoms with Crippen LogP contribution < -0.4 is 4.72 Å². The molecule has 0 unspecified atom stereocenters. The van der Waals surface area contributed by atoms with E-state index >= 15 is 0 Å². The average molecular weight is 308 g/mol. The van der Waals surface area contributed by atoms with E-state index in [1.54, 1.807) is 37.4 Å². The summed E-state index contributed by atoms with van der Waals surface area (Å²) in [6, 6.07) is 15.9. The van der Waals surface area contributed by atoms with E-state index in [1.807, 2.05) is 31.2 Å². The van der Waals surface area contributed by atoms with Crippen molar-refractivity contribution in [3.8, 4) is 0 Å². The van der Waals surface area contributed by atoms with Gasteiger partial charge in [-0.3, -0.25) is 4.72 Å². The number of sulfonamides is 1. The van der Waals surface area contributed by atoms with Gasteiger partial charge >= 0.3 is 0 Å². The molecule has 2 rings (SSSR count). The Balaban J connectivity index is 2.43. The molecule has 0 amide bonds. The van der Waals surface area contributed by atoms with Gasteiger partial charge in [-0.15, -0.1) is 3.77 Å². The average Bonchev–Trinajstić information content (AvgIpc) is 2.47. The monoisotopic (exact) mass is 308 g/mol. The van der Waals surface area contributed by atoms with Crippen LogP contribution in [0.3, 0.4) is 0 Å². The Morgan fingerprint density at radius 3 is 2.15 bits per heavy atom. The van der Waals surface area contributed by atoms with E-state index in [0.717, 1.165) is 10.5 Å². The summed E-state index contributed by atoms with van der Waals surface area (Å²) in [7, 11) is -2.84. The minimum absolute atomic E-state index is 0.208. The minimum atomic E-state index is -3.66. The third-order valence-electron chi connectivity index (χ3n) is 2.65. The summed E-state index contributed by atoms with van der Waals surface area (Å²) in [6.45, 7) is 1.99. The molecule has 0 saturated heterocycles.